The van der Waals surface area contributed by atoms with Gasteiger partial charge in [0.15, 0.2) is 0 Å². The van der Waals surface area contributed by atoms with Gasteiger partial charge in [0.1, 0.15) is 6.17 Å². The molecule has 0 aromatic heterocycles. The van der Waals surface area contributed by atoms with Crippen molar-refractivity contribution >= 4 is 17.3 Å². The largest absolute Gasteiger partial charge is 0.416 e. The second-order valence-electron chi connectivity index (χ2n) is 8.60. The van der Waals surface area contributed by atoms with Crippen molar-refractivity contribution in [1.82, 2.24) is 0 Å². The summed E-state index contributed by atoms with van der Waals surface area (Å²) in [7, 11) is 0. The van der Waals surface area contributed by atoms with Crippen LogP contribution < -0.4 is 9.80 Å². The average molecular weight is 473 g/mol. The topological polar surface area (TPSA) is 23.6 Å². The molecule has 176 valence electrons. The van der Waals surface area contributed by atoms with E-state index in [1.54, 1.807) is 42.5 Å². The van der Waals surface area contributed by atoms with E-state index in [1.807, 2.05) is 54.3 Å². The smallest absolute Gasteiger partial charge is 0.342 e. The molecule has 0 N–H and O–H groups in total. The summed E-state index contributed by atoms with van der Waals surface area (Å²) >= 11 is 0. The van der Waals surface area contributed by atoms with Crippen molar-refractivity contribution in [1.29, 1.82) is 0 Å². The average Bonchev–Trinajstić information content (AvgIpc) is 2.86. The molecule has 1 aliphatic rings. The zero-order valence-corrected chi connectivity index (χ0v) is 19.0. The number of fused-ring (bicyclic) bond motifs is 1. The van der Waals surface area contributed by atoms with Gasteiger partial charge < -0.3 is 4.90 Å². The minimum Gasteiger partial charge on any atom is -0.342 e. The minimum absolute atomic E-state index is 0.0272. The highest BCUT2D eigenvalue weighted by Gasteiger charge is 2.44. The number of carbonyl (C=O) groups excluding carboxylic acids is 1. The Labute approximate surface area is 202 Å². The van der Waals surface area contributed by atoms with Gasteiger partial charge in [-0.15, -0.1) is 0 Å². The maximum Gasteiger partial charge on any atom is 0.416 e. The lowest BCUT2D eigenvalue weighted by Gasteiger charge is -2.46. The number of amides is 1. The molecule has 0 saturated carbocycles. The van der Waals surface area contributed by atoms with E-state index >= 15 is 0 Å². The summed E-state index contributed by atoms with van der Waals surface area (Å²) in [4.78, 5) is 17.2. The van der Waals surface area contributed by atoms with Crippen molar-refractivity contribution in [2.75, 3.05) is 9.80 Å². The number of aryl methyl sites for hydroxylation is 1. The van der Waals surface area contributed by atoms with Crippen molar-refractivity contribution in [3.8, 4) is 0 Å². The number of para-hydroxylation sites is 1. The summed E-state index contributed by atoms with van der Waals surface area (Å²) in [5, 5.41) is 0. The van der Waals surface area contributed by atoms with Gasteiger partial charge in [-0.2, -0.15) is 13.2 Å². The third kappa shape index (κ3) is 4.28. The van der Waals surface area contributed by atoms with E-state index in [4.69, 9.17) is 0 Å². The van der Waals surface area contributed by atoms with E-state index in [2.05, 4.69) is 0 Å². The number of hydrogen-bond donors (Lipinski definition) is 0. The van der Waals surface area contributed by atoms with Crippen LogP contribution in [0.5, 0.6) is 0 Å². The van der Waals surface area contributed by atoms with E-state index in [0.717, 1.165) is 17.2 Å². The fraction of sp³-hybridized carbons (Fsp3) is 0.138. The fourth-order valence-electron chi connectivity index (χ4n) is 4.62. The molecule has 5 rings (SSSR count). The molecule has 1 atom stereocenters. The Morgan fingerprint density at radius 1 is 0.771 bits per heavy atom. The Hall–Kier alpha value is -4.06. The molecule has 0 bridgehead atoms. The maximum absolute atomic E-state index is 14.2. The van der Waals surface area contributed by atoms with Crippen LogP contribution in [0.3, 0.4) is 0 Å². The fourth-order valence-corrected chi connectivity index (χ4v) is 4.62. The van der Waals surface area contributed by atoms with E-state index in [-0.39, 0.29) is 11.5 Å². The van der Waals surface area contributed by atoms with Gasteiger partial charge in [0.2, 0.25) is 0 Å². The number of anilines is 2. The van der Waals surface area contributed by atoms with Gasteiger partial charge >= 0.3 is 6.18 Å². The predicted molar refractivity (Wildman–Crippen MR) is 131 cm³/mol. The van der Waals surface area contributed by atoms with E-state index in [9.17, 15) is 18.0 Å². The number of rotatable bonds is 4. The Bertz CT molecular complexity index is 1350. The highest BCUT2D eigenvalue weighted by Crippen LogP contribution is 2.45. The van der Waals surface area contributed by atoms with E-state index in [0.29, 0.717) is 23.5 Å². The second kappa shape index (κ2) is 8.95. The van der Waals surface area contributed by atoms with Gasteiger partial charge in [-0.3, -0.25) is 9.69 Å². The van der Waals surface area contributed by atoms with E-state index in [1.165, 1.54) is 17.0 Å². The van der Waals surface area contributed by atoms with Crippen LogP contribution in [0.15, 0.2) is 103 Å². The van der Waals surface area contributed by atoms with Crippen molar-refractivity contribution in [2.45, 2.75) is 25.8 Å². The molecule has 4 aromatic rings. The number of nitrogens with zero attached hydrogens (tertiary/aromatic N) is 2. The molecule has 1 heterocycles. The first kappa shape index (κ1) is 22.7. The predicted octanol–water partition coefficient (Wildman–Crippen LogP) is 7.38. The SMILES string of the molecule is Cc1ccc(N2C(=O)c3ccccc3N(Cc3ccccc3)[C@H]2c2ccccc2C(F)(F)F)cc1. The summed E-state index contributed by atoms with van der Waals surface area (Å²) in [5.41, 5.74) is 2.78. The van der Waals surface area contributed by atoms with Crippen LogP contribution >= 0.6 is 0 Å². The van der Waals surface area contributed by atoms with Crippen molar-refractivity contribution in [2.24, 2.45) is 0 Å². The Balaban J connectivity index is 1.78. The molecular formula is C29H23F3N2O. The molecule has 0 aliphatic carbocycles. The van der Waals surface area contributed by atoms with Crippen LogP contribution in [0.4, 0.5) is 24.5 Å². The van der Waals surface area contributed by atoms with Gasteiger partial charge in [-0.1, -0.05) is 78.4 Å². The lowest BCUT2D eigenvalue weighted by molar-refractivity contribution is -0.138. The quantitative estimate of drug-likeness (QED) is 0.309. The molecule has 1 amide bonds. The highest BCUT2D eigenvalue weighted by molar-refractivity contribution is 6.12. The van der Waals surface area contributed by atoms with Crippen molar-refractivity contribution in [3.05, 3.63) is 131 Å². The third-order valence-corrected chi connectivity index (χ3v) is 6.25. The van der Waals surface area contributed by atoms with Crippen LogP contribution in [0.1, 0.15) is 38.8 Å². The van der Waals surface area contributed by atoms with Gasteiger partial charge in [0.25, 0.3) is 5.91 Å². The lowest BCUT2D eigenvalue weighted by atomic mass is 9.96. The van der Waals surface area contributed by atoms with Crippen LogP contribution in [0.2, 0.25) is 0 Å². The Kier molecular flexibility index (Phi) is 5.81. The maximum atomic E-state index is 14.2. The summed E-state index contributed by atoms with van der Waals surface area (Å²) in [6, 6.07) is 29.4. The molecule has 1 aliphatic heterocycles. The first-order valence-electron chi connectivity index (χ1n) is 11.3. The number of benzene rings is 4. The number of halogens is 3. The summed E-state index contributed by atoms with van der Waals surface area (Å²) in [6.45, 7) is 2.25. The molecule has 6 heteroatoms. The number of alkyl halides is 3. The zero-order chi connectivity index (χ0) is 24.6. The first-order valence-corrected chi connectivity index (χ1v) is 11.3. The molecular weight excluding hydrogens is 449 g/mol. The zero-order valence-electron chi connectivity index (χ0n) is 19.0. The molecule has 35 heavy (non-hydrogen) atoms. The number of carbonyl (C=O) groups is 1. The van der Waals surface area contributed by atoms with Gasteiger partial charge in [-0.25, -0.2) is 0 Å². The monoisotopic (exact) mass is 472 g/mol. The Morgan fingerprint density at radius 2 is 1.40 bits per heavy atom. The lowest BCUT2D eigenvalue weighted by Crippen LogP contribution is -2.50. The molecule has 4 aromatic carbocycles. The highest BCUT2D eigenvalue weighted by atomic mass is 19.4. The van der Waals surface area contributed by atoms with Crippen LogP contribution in [-0.4, -0.2) is 5.91 Å². The summed E-state index contributed by atoms with van der Waals surface area (Å²) < 4.78 is 42.6. The third-order valence-electron chi connectivity index (χ3n) is 6.25. The van der Waals surface area contributed by atoms with Gasteiger partial charge in [-0.05, 0) is 42.8 Å². The summed E-state index contributed by atoms with van der Waals surface area (Å²) in [6.07, 6.45) is -5.58. The Morgan fingerprint density at radius 3 is 2.11 bits per heavy atom. The second-order valence-corrected chi connectivity index (χ2v) is 8.60. The van der Waals surface area contributed by atoms with Crippen LogP contribution in [0.25, 0.3) is 0 Å². The standard InChI is InChI=1S/C29H23F3N2O/c1-20-15-17-22(18-16-20)34-27(23-11-5-7-13-25(23)29(30,31)32)33(19-21-9-3-2-4-10-21)26-14-8-6-12-24(26)28(34)35/h2-18,27H,19H2,1H3/t27-/m1/s1. The molecule has 0 unspecified atom stereocenters. The van der Waals surface area contributed by atoms with Gasteiger partial charge in [0, 0.05) is 17.8 Å². The molecule has 0 radical (unpaired) electrons. The van der Waals surface area contributed by atoms with Crippen LogP contribution in [-0.2, 0) is 12.7 Å². The van der Waals surface area contributed by atoms with Gasteiger partial charge in [0.05, 0.1) is 16.8 Å². The van der Waals surface area contributed by atoms with Crippen molar-refractivity contribution < 1.29 is 18.0 Å². The first-order chi connectivity index (χ1) is 16.8. The molecule has 0 fully saturated rings. The van der Waals surface area contributed by atoms with E-state index < -0.39 is 17.9 Å². The molecule has 0 spiro atoms. The minimum atomic E-state index is -4.58. The molecule has 0 saturated heterocycles. The van der Waals surface area contributed by atoms with Crippen molar-refractivity contribution in [3.63, 3.8) is 0 Å². The summed E-state index contributed by atoms with van der Waals surface area (Å²) in [5.74, 6) is -0.337. The van der Waals surface area contributed by atoms with Crippen LogP contribution in [0, 0.1) is 6.92 Å². The normalized spacial score (nSPS) is 15.8. The molecule has 3 nitrogen and oxygen atoms in total. The number of hydrogen-bond acceptors (Lipinski definition) is 2.